The van der Waals surface area contributed by atoms with E-state index in [0.717, 1.165) is 45.3 Å². The van der Waals surface area contributed by atoms with E-state index in [9.17, 15) is 28.4 Å². The van der Waals surface area contributed by atoms with E-state index in [2.05, 4.69) is 9.71 Å². The zero-order valence-electron chi connectivity index (χ0n) is 20.1. The Bertz CT molecular complexity index is 1730. The summed E-state index contributed by atoms with van der Waals surface area (Å²) in [5, 5.41) is 21.3. The third-order valence-electron chi connectivity index (χ3n) is 5.97. The first kappa shape index (κ1) is 26.5. The Hall–Kier alpha value is -4.14. The first-order chi connectivity index (χ1) is 18.5. The molecule has 0 amide bonds. The van der Waals surface area contributed by atoms with Gasteiger partial charge in [-0.25, -0.2) is 17.8 Å². The number of aromatic nitrogens is 2. The fourth-order valence-electron chi connectivity index (χ4n) is 3.96. The topological polar surface area (TPSA) is 163 Å². The molecule has 0 atom stereocenters. The summed E-state index contributed by atoms with van der Waals surface area (Å²) < 4.78 is 40.5. The molecule has 39 heavy (non-hydrogen) atoms. The number of thiophene rings is 1. The van der Waals surface area contributed by atoms with Crippen molar-refractivity contribution in [1.82, 2.24) is 9.55 Å². The molecule has 1 aliphatic heterocycles. The Kier molecular flexibility index (Phi) is 6.92. The largest absolute Gasteiger partial charge is 0.507 e. The lowest BCUT2D eigenvalue weighted by molar-refractivity contribution is -0.396. The van der Waals surface area contributed by atoms with E-state index in [-0.39, 0.29) is 27.8 Å². The van der Waals surface area contributed by atoms with Gasteiger partial charge in [-0.2, -0.15) is 0 Å². The first-order valence-corrected chi connectivity index (χ1v) is 13.9. The fraction of sp³-hybridized carbons (Fsp3) is 0.167. The summed E-state index contributed by atoms with van der Waals surface area (Å²) in [6, 6.07) is 10.6. The Morgan fingerprint density at radius 1 is 1.31 bits per heavy atom. The number of ether oxygens (including phenoxy) is 2. The lowest BCUT2D eigenvalue weighted by atomic mass is 10.0. The van der Waals surface area contributed by atoms with Gasteiger partial charge >= 0.3 is 11.9 Å². The van der Waals surface area contributed by atoms with Crippen LogP contribution in [0.5, 0.6) is 11.5 Å². The number of phenolic OH excluding ortho intramolecular Hbond substituents is 1. The van der Waals surface area contributed by atoms with Crippen molar-refractivity contribution in [1.29, 1.82) is 0 Å². The molecule has 0 fully saturated rings. The maximum absolute atomic E-state index is 13.0. The first-order valence-electron chi connectivity index (χ1n) is 11.3. The van der Waals surface area contributed by atoms with Crippen LogP contribution in [0.1, 0.15) is 21.6 Å². The zero-order valence-corrected chi connectivity index (χ0v) is 22.5. The number of benzene rings is 2. The molecule has 0 saturated carbocycles. The van der Waals surface area contributed by atoms with Gasteiger partial charge in [0.25, 0.3) is 10.0 Å². The van der Waals surface area contributed by atoms with Crippen molar-refractivity contribution in [3.05, 3.63) is 79.9 Å². The van der Waals surface area contributed by atoms with Crippen molar-refractivity contribution in [2.45, 2.75) is 17.2 Å². The van der Waals surface area contributed by atoms with Crippen LogP contribution in [0.3, 0.4) is 0 Å². The predicted octanol–water partition coefficient (Wildman–Crippen LogP) is 4.51. The van der Waals surface area contributed by atoms with Gasteiger partial charge in [-0.05, 0) is 46.4 Å². The van der Waals surface area contributed by atoms with Crippen molar-refractivity contribution in [3.63, 3.8) is 0 Å². The van der Waals surface area contributed by atoms with Crippen molar-refractivity contribution < 1.29 is 32.7 Å². The molecule has 2 N–H and O–H groups in total. The number of esters is 1. The molecule has 4 aromatic rings. The molecule has 0 saturated heterocycles. The number of carbonyl (C=O) groups excluding carboxylic acids is 1. The molecule has 202 valence electrons. The maximum Gasteiger partial charge on any atom is 0.434 e. The summed E-state index contributed by atoms with van der Waals surface area (Å²) in [4.78, 5) is 26.3. The van der Waals surface area contributed by atoms with E-state index in [0.29, 0.717) is 16.5 Å². The van der Waals surface area contributed by atoms with E-state index in [1.807, 2.05) is 18.2 Å². The molecule has 3 heterocycles. The third-order valence-corrected chi connectivity index (χ3v) is 9.19. The highest BCUT2D eigenvalue weighted by Gasteiger charge is 2.24. The summed E-state index contributed by atoms with van der Waals surface area (Å²) in [6.07, 6.45) is 1.96. The van der Waals surface area contributed by atoms with E-state index in [1.165, 1.54) is 31.4 Å². The number of imidazole rings is 1. The van der Waals surface area contributed by atoms with E-state index in [4.69, 9.17) is 21.1 Å². The van der Waals surface area contributed by atoms with Crippen molar-refractivity contribution >= 4 is 50.6 Å². The van der Waals surface area contributed by atoms with Gasteiger partial charge in [0.05, 0.1) is 19.3 Å². The molecule has 0 spiro atoms. The number of fused-ring (bicyclic) bond motifs is 1. The van der Waals surface area contributed by atoms with Gasteiger partial charge in [-0.1, -0.05) is 22.7 Å². The van der Waals surface area contributed by atoms with Crippen LogP contribution >= 0.6 is 22.9 Å². The number of rotatable bonds is 8. The smallest absolute Gasteiger partial charge is 0.434 e. The SMILES string of the molecule is Cn1c(COC(=O)c2ccc(NS(=O)(=O)c3cc(-c4ccc5c(c4)CCO5)c(Cl)s3)cc2O)cnc1[N+](=O)[O-]. The average Bonchev–Trinajstić information content (AvgIpc) is 3.60. The number of sulfonamides is 1. The van der Waals surface area contributed by atoms with Gasteiger partial charge in [-0.3, -0.25) is 4.72 Å². The monoisotopic (exact) mass is 590 g/mol. The number of nitro groups is 1. The minimum Gasteiger partial charge on any atom is -0.507 e. The molecule has 2 aromatic heterocycles. The van der Waals surface area contributed by atoms with Crippen LogP contribution in [-0.4, -0.2) is 40.6 Å². The highest BCUT2D eigenvalue weighted by Crippen LogP contribution is 2.40. The second kappa shape index (κ2) is 10.2. The second-order valence-electron chi connectivity index (χ2n) is 8.45. The van der Waals surface area contributed by atoms with Crippen molar-refractivity contribution in [2.75, 3.05) is 11.3 Å². The van der Waals surface area contributed by atoms with Crippen LogP contribution in [-0.2, 0) is 34.8 Å². The number of phenols is 1. The third kappa shape index (κ3) is 5.26. The molecule has 0 radical (unpaired) electrons. The molecule has 0 unspecified atom stereocenters. The van der Waals surface area contributed by atoms with Crippen molar-refractivity contribution in [3.8, 4) is 22.6 Å². The van der Waals surface area contributed by atoms with E-state index in [1.54, 1.807) is 0 Å². The number of nitrogens with one attached hydrogen (secondary N) is 1. The van der Waals surface area contributed by atoms with Crippen molar-refractivity contribution in [2.24, 2.45) is 7.05 Å². The number of carbonyl (C=O) groups is 1. The quantitative estimate of drug-likeness (QED) is 0.171. The lowest BCUT2D eigenvalue weighted by Gasteiger charge is -2.09. The Morgan fingerprint density at radius 3 is 2.82 bits per heavy atom. The standard InChI is InChI=1S/C24H19ClN4O8S2/c1-28-16(11-26-24(28)29(32)33)12-37-23(31)17-4-3-15(9-19(17)30)27-39(34,35)21-10-18(22(25)38-21)13-2-5-20-14(8-13)6-7-36-20/h2-5,8-11,27,30H,6-7,12H2,1H3. The molecule has 12 nitrogen and oxygen atoms in total. The summed E-state index contributed by atoms with van der Waals surface area (Å²) >= 11 is 7.27. The van der Waals surface area contributed by atoms with Crippen LogP contribution < -0.4 is 9.46 Å². The fourth-order valence-corrected chi connectivity index (χ4v) is 6.77. The Labute approximate surface area is 230 Å². The zero-order chi connectivity index (χ0) is 27.9. The Morgan fingerprint density at radius 2 is 2.10 bits per heavy atom. The molecule has 5 rings (SSSR count). The maximum atomic E-state index is 13.0. The normalized spacial score (nSPS) is 12.6. The summed E-state index contributed by atoms with van der Waals surface area (Å²) in [6.45, 7) is 0.265. The van der Waals surface area contributed by atoms with Crippen LogP contribution in [0.25, 0.3) is 11.1 Å². The average molecular weight is 591 g/mol. The number of halogens is 1. The molecular weight excluding hydrogens is 572 g/mol. The number of aromatic hydroxyl groups is 1. The molecule has 0 bridgehead atoms. The van der Waals surface area contributed by atoms with Gasteiger partial charge in [-0.15, -0.1) is 11.3 Å². The summed E-state index contributed by atoms with van der Waals surface area (Å²) in [7, 11) is -2.67. The molecule has 2 aromatic carbocycles. The molecular formula is C24H19ClN4O8S2. The van der Waals surface area contributed by atoms with E-state index >= 15 is 0 Å². The van der Waals surface area contributed by atoms with Crippen LogP contribution in [0.4, 0.5) is 11.6 Å². The lowest BCUT2D eigenvalue weighted by Crippen LogP contribution is -2.12. The van der Waals surface area contributed by atoms with Crippen LogP contribution in [0.15, 0.2) is 52.9 Å². The minimum absolute atomic E-state index is 0.00654. The van der Waals surface area contributed by atoms with E-state index < -0.39 is 32.6 Å². The highest BCUT2D eigenvalue weighted by atomic mass is 35.5. The van der Waals surface area contributed by atoms with Gasteiger partial charge < -0.3 is 24.7 Å². The van der Waals surface area contributed by atoms with Gasteiger partial charge in [0, 0.05) is 18.1 Å². The molecule has 1 aliphatic rings. The number of hydrogen-bond donors (Lipinski definition) is 2. The Balaban J connectivity index is 1.29. The second-order valence-corrected chi connectivity index (χ2v) is 12.0. The molecule has 15 heteroatoms. The summed E-state index contributed by atoms with van der Waals surface area (Å²) in [5.74, 6) is -1.06. The predicted molar refractivity (Wildman–Crippen MR) is 142 cm³/mol. The van der Waals surface area contributed by atoms with Gasteiger partial charge in [0.1, 0.15) is 38.4 Å². The number of nitrogens with zero attached hydrogens (tertiary/aromatic N) is 3. The highest BCUT2D eigenvalue weighted by molar-refractivity contribution is 7.94. The number of hydrogen-bond acceptors (Lipinski definition) is 10. The summed E-state index contributed by atoms with van der Waals surface area (Å²) in [5.41, 5.74) is 2.40. The molecule has 0 aliphatic carbocycles. The van der Waals surface area contributed by atoms with Gasteiger partial charge in [0.2, 0.25) is 0 Å². The van der Waals surface area contributed by atoms with Gasteiger partial charge in [0.15, 0.2) is 5.69 Å². The van der Waals surface area contributed by atoms with Crippen LogP contribution in [0.2, 0.25) is 4.34 Å². The van der Waals surface area contributed by atoms with Crippen LogP contribution in [0, 0.1) is 10.1 Å². The minimum atomic E-state index is -4.07. The number of anilines is 1.